The van der Waals surface area contributed by atoms with E-state index >= 15 is 0 Å². The summed E-state index contributed by atoms with van der Waals surface area (Å²) in [5, 5.41) is 27.4. The number of thioether (sulfide) groups is 1. The van der Waals surface area contributed by atoms with E-state index < -0.39 is 23.2 Å². The SMILES string of the molecule is CC[C@H]1CC(=O)C(C)[C@@H](CC)[C@H](C)C[C@](C)(OC)C[C@@H](C)/C(=N\OCSC)C(C)C(O)[C@]1(C)O. The number of hydrogen-bond acceptors (Lipinski definition) is 7. The lowest BCUT2D eigenvalue weighted by Crippen LogP contribution is -2.52. The molecule has 0 radical (unpaired) electrons. The Hall–Kier alpha value is -0.630. The largest absolute Gasteiger partial charge is 0.389 e. The minimum absolute atomic E-state index is 0.0263. The fourth-order valence-corrected chi connectivity index (χ4v) is 6.36. The molecule has 0 heterocycles. The van der Waals surface area contributed by atoms with Crippen molar-refractivity contribution in [2.75, 3.05) is 19.3 Å². The van der Waals surface area contributed by atoms with Crippen LogP contribution in [0, 0.1) is 35.5 Å². The third kappa shape index (κ3) is 7.68. The molecule has 34 heavy (non-hydrogen) atoms. The van der Waals surface area contributed by atoms with Crippen LogP contribution in [0.3, 0.4) is 0 Å². The molecule has 9 atom stereocenters. The van der Waals surface area contributed by atoms with Crippen LogP contribution in [-0.4, -0.2) is 58.3 Å². The highest BCUT2D eigenvalue weighted by Crippen LogP contribution is 2.40. The van der Waals surface area contributed by atoms with Crippen LogP contribution in [0.1, 0.15) is 87.5 Å². The van der Waals surface area contributed by atoms with Gasteiger partial charge in [-0.2, -0.15) is 0 Å². The van der Waals surface area contributed by atoms with Gasteiger partial charge in [0.15, 0.2) is 5.94 Å². The average Bonchev–Trinajstić information content (AvgIpc) is 2.78. The lowest BCUT2D eigenvalue weighted by molar-refractivity contribution is -0.138. The molecule has 0 bridgehead atoms. The monoisotopic (exact) mass is 501 g/mol. The van der Waals surface area contributed by atoms with E-state index in [2.05, 4.69) is 32.9 Å². The molecule has 6 nitrogen and oxygen atoms in total. The first-order valence-electron chi connectivity index (χ1n) is 13.0. The van der Waals surface area contributed by atoms with Crippen LogP contribution in [0.5, 0.6) is 0 Å². The zero-order valence-corrected chi connectivity index (χ0v) is 24.1. The van der Waals surface area contributed by atoms with Crippen LogP contribution in [0.15, 0.2) is 5.16 Å². The van der Waals surface area contributed by atoms with Crippen molar-refractivity contribution in [1.29, 1.82) is 0 Å². The molecule has 7 heteroatoms. The first kappa shape index (κ1) is 31.4. The molecule has 0 saturated heterocycles. The fraction of sp³-hybridized carbons (Fsp3) is 0.926. The summed E-state index contributed by atoms with van der Waals surface area (Å²) in [6.07, 6.45) is 4.15. The second kappa shape index (κ2) is 13.6. The van der Waals surface area contributed by atoms with Crippen molar-refractivity contribution in [3.8, 4) is 0 Å². The highest BCUT2D eigenvalue weighted by molar-refractivity contribution is 7.98. The summed E-state index contributed by atoms with van der Waals surface area (Å²) in [6, 6.07) is 0. The molecule has 0 aromatic heterocycles. The lowest BCUT2D eigenvalue weighted by atomic mass is 9.68. The second-order valence-electron chi connectivity index (χ2n) is 11.1. The van der Waals surface area contributed by atoms with E-state index in [0.29, 0.717) is 24.7 Å². The number of ether oxygens (including phenoxy) is 1. The van der Waals surface area contributed by atoms with E-state index in [0.717, 1.165) is 18.6 Å². The van der Waals surface area contributed by atoms with E-state index in [9.17, 15) is 15.0 Å². The van der Waals surface area contributed by atoms with Gasteiger partial charge in [0.2, 0.25) is 0 Å². The summed E-state index contributed by atoms with van der Waals surface area (Å²) < 4.78 is 6.05. The van der Waals surface area contributed by atoms with Crippen LogP contribution < -0.4 is 0 Å². The summed E-state index contributed by atoms with van der Waals surface area (Å²) in [5.41, 5.74) is -1.14. The topological polar surface area (TPSA) is 88.4 Å². The zero-order valence-electron chi connectivity index (χ0n) is 23.3. The average molecular weight is 502 g/mol. The molecule has 1 aliphatic carbocycles. The van der Waals surface area contributed by atoms with Gasteiger partial charge in [-0.05, 0) is 50.7 Å². The third-order valence-electron chi connectivity index (χ3n) is 8.49. The molecule has 1 saturated carbocycles. The number of aliphatic hydroxyl groups is 2. The van der Waals surface area contributed by atoms with Crippen LogP contribution in [0.25, 0.3) is 0 Å². The van der Waals surface area contributed by atoms with Crippen molar-refractivity contribution in [1.82, 2.24) is 0 Å². The Kier molecular flexibility index (Phi) is 12.6. The van der Waals surface area contributed by atoms with Gasteiger partial charge in [-0.1, -0.05) is 59.5 Å². The summed E-state index contributed by atoms with van der Waals surface area (Å²) >= 11 is 1.53. The number of rotatable bonds is 6. The van der Waals surface area contributed by atoms with Crippen LogP contribution in [-0.2, 0) is 14.4 Å². The van der Waals surface area contributed by atoms with Gasteiger partial charge in [0.1, 0.15) is 5.78 Å². The third-order valence-corrected chi connectivity index (χ3v) is 8.83. The van der Waals surface area contributed by atoms with Crippen LogP contribution >= 0.6 is 11.8 Å². The molecule has 1 aliphatic rings. The van der Waals surface area contributed by atoms with E-state index in [1.165, 1.54) is 11.8 Å². The zero-order chi connectivity index (χ0) is 26.3. The first-order chi connectivity index (χ1) is 15.8. The molecule has 0 aromatic rings. The number of carbonyl (C=O) groups is 1. The van der Waals surface area contributed by atoms with E-state index in [4.69, 9.17) is 9.57 Å². The first-order valence-corrected chi connectivity index (χ1v) is 14.4. The molecule has 0 aliphatic heterocycles. The number of carbonyl (C=O) groups excluding carboxylic acids is 1. The summed E-state index contributed by atoms with van der Waals surface area (Å²) in [5.74, 6) is 0.162. The molecule has 0 aromatic carbocycles. The van der Waals surface area contributed by atoms with Gasteiger partial charge in [0.25, 0.3) is 0 Å². The van der Waals surface area contributed by atoms with Gasteiger partial charge in [-0.3, -0.25) is 4.79 Å². The van der Waals surface area contributed by atoms with Crippen molar-refractivity contribution < 1.29 is 24.6 Å². The van der Waals surface area contributed by atoms with Crippen molar-refractivity contribution in [3.05, 3.63) is 0 Å². The Labute approximate surface area is 212 Å². The number of hydrogen-bond donors (Lipinski definition) is 2. The minimum atomic E-state index is -1.44. The quantitative estimate of drug-likeness (QED) is 0.282. The summed E-state index contributed by atoms with van der Waals surface area (Å²) in [7, 11) is 1.74. The number of nitrogens with zero attached hydrogens (tertiary/aromatic N) is 1. The van der Waals surface area contributed by atoms with E-state index in [1.807, 2.05) is 27.0 Å². The standard InChI is InChI=1S/C27H51NO5S/c1-11-21-13-23(29)19(5)22(12-2)17(3)14-26(7,32-9)15-18(4)24(28-33-16-34-10)20(6)25(30)27(21,8)31/h17-22,25,30-31H,11-16H2,1-10H3/b28-24+/t17-,18-,19?,20?,21+,22+,25?,26+,27-/m1/s1. The molecule has 200 valence electrons. The van der Waals surface area contributed by atoms with Gasteiger partial charge < -0.3 is 19.8 Å². The maximum absolute atomic E-state index is 13.4. The highest BCUT2D eigenvalue weighted by Gasteiger charge is 2.45. The lowest BCUT2D eigenvalue weighted by Gasteiger charge is -2.42. The molecular weight excluding hydrogens is 450 g/mol. The second-order valence-corrected chi connectivity index (χ2v) is 11.9. The van der Waals surface area contributed by atoms with Gasteiger partial charge in [0, 0.05) is 31.3 Å². The maximum Gasteiger partial charge on any atom is 0.162 e. The Morgan fingerprint density at radius 2 is 1.71 bits per heavy atom. The van der Waals surface area contributed by atoms with Crippen LogP contribution in [0.4, 0.5) is 0 Å². The molecule has 1 fully saturated rings. The normalized spacial score (nSPS) is 42.4. The van der Waals surface area contributed by atoms with Gasteiger partial charge >= 0.3 is 0 Å². The van der Waals surface area contributed by atoms with E-state index in [1.54, 1.807) is 14.0 Å². The van der Waals surface area contributed by atoms with Gasteiger partial charge in [-0.25, -0.2) is 0 Å². The smallest absolute Gasteiger partial charge is 0.162 e. The summed E-state index contributed by atoms with van der Waals surface area (Å²) in [4.78, 5) is 18.9. The highest BCUT2D eigenvalue weighted by atomic mass is 32.2. The molecule has 0 amide bonds. The number of aliphatic hydroxyl groups excluding tert-OH is 1. The molecule has 0 spiro atoms. The van der Waals surface area contributed by atoms with Crippen molar-refractivity contribution in [2.24, 2.45) is 40.7 Å². The fourth-order valence-electron chi connectivity index (χ4n) is 6.20. The van der Waals surface area contributed by atoms with Crippen molar-refractivity contribution in [2.45, 2.75) is 105 Å². The van der Waals surface area contributed by atoms with Crippen molar-refractivity contribution >= 4 is 23.3 Å². The Balaban J connectivity index is 3.57. The predicted molar refractivity (Wildman–Crippen MR) is 142 cm³/mol. The molecular formula is C27H51NO5S. The maximum atomic E-state index is 13.4. The Morgan fingerprint density at radius 3 is 2.21 bits per heavy atom. The summed E-state index contributed by atoms with van der Waals surface area (Å²) in [6.45, 7) is 16.1. The number of ketones is 1. The number of oxime groups is 1. The Morgan fingerprint density at radius 1 is 1.09 bits per heavy atom. The predicted octanol–water partition coefficient (Wildman–Crippen LogP) is 5.55. The van der Waals surface area contributed by atoms with Crippen LogP contribution in [0.2, 0.25) is 0 Å². The van der Waals surface area contributed by atoms with Gasteiger partial charge in [-0.15, -0.1) is 11.8 Å². The molecule has 3 unspecified atom stereocenters. The van der Waals surface area contributed by atoms with Crippen molar-refractivity contribution in [3.63, 3.8) is 0 Å². The minimum Gasteiger partial charge on any atom is -0.389 e. The number of Topliss-reactive ketones (excluding diaryl/α,β-unsaturated/α-hetero) is 1. The molecule has 2 N–H and O–H groups in total. The molecule has 1 rings (SSSR count). The Bertz CT molecular complexity index is 669. The van der Waals surface area contributed by atoms with Gasteiger partial charge in [0.05, 0.1) is 23.0 Å². The number of methoxy groups -OCH3 is 1. The van der Waals surface area contributed by atoms with E-state index in [-0.39, 0.29) is 35.9 Å².